The number of aliphatic carboxylic acids is 1. The molecule has 1 aliphatic heterocycles. The van der Waals surface area contributed by atoms with Gasteiger partial charge in [0.05, 0.1) is 5.92 Å². The molecular weight excluding hydrogens is 310 g/mol. The first-order valence-electron chi connectivity index (χ1n) is 8.84. The monoisotopic (exact) mass is 335 g/mol. The summed E-state index contributed by atoms with van der Waals surface area (Å²) in [5, 5.41) is 10.2. The zero-order chi connectivity index (χ0) is 16.2. The van der Waals surface area contributed by atoms with Crippen LogP contribution in [0, 0.1) is 11.8 Å². The number of carbonyl (C=O) groups is 1. The Labute approximate surface area is 143 Å². The summed E-state index contributed by atoms with van der Waals surface area (Å²) in [6.45, 7) is 3.12. The Morgan fingerprint density at radius 3 is 2.39 bits per heavy atom. The van der Waals surface area contributed by atoms with Crippen molar-refractivity contribution in [3.63, 3.8) is 0 Å². The molecule has 2 aliphatic rings. The van der Waals surface area contributed by atoms with Gasteiger partial charge in [-0.25, -0.2) is 0 Å². The van der Waals surface area contributed by atoms with Crippen LogP contribution in [0.1, 0.15) is 50.0 Å². The van der Waals surface area contributed by atoms with Crippen molar-refractivity contribution in [1.82, 2.24) is 4.90 Å². The van der Waals surface area contributed by atoms with Crippen LogP contribution in [-0.4, -0.2) is 35.6 Å². The first kappa shape index (κ1) is 16.8. The van der Waals surface area contributed by atoms with E-state index in [-0.39, 0.29) is 5.92 Å². The van der Waals surface area contributed by atoms with E-state index in [1.54, 1.807) is 0 Å². The van der Waals surface area contributed by atoms with Gasteiger partial charge >= 0.3 is 5.97 Å². The van der Waals surface area contributed by atoms with Crippen molar-refractivity contribution < 1.29 is 9.90 Å². The Morgan fingerprint density at radius 1 is 1.09 bits per heavy atom. The molecule has 2 atom stereocenters. The maximum atomic E-state index is 11.4. The van der Waals surface area contributed by atoms with E-state index in [1.807, 2.05) is 12.1 Å². The van der Waals surface area contributed by atoms with Crippen LogP contribution in [0.25, 0.3) is 0 Å². The average Bonchev–Trinajstić information content (AvgIpc) is 2.57. The minimum absolute atomic E-state index is 0.127. The van der Waals surface area contributed by atoms with Crippen molar-refractivity contribution >= 4 is 17.6 Å². The molecule has 0 radical (unpaired) electrons. The van der Waals surface area contributed by atoms with E-state index in [0.29, 0.717) is 11.8 Å². The summed E-state index contributed by atoms with van der Waals surface area (Å²) in [6, 6.07) is 8.24. The molecule has 23 heavy (non-hydrogen) atoms. The molecule has 1 aliphatic carbocycles. The smallest absolute Gasteiger partial charge is 0.306 e. The van der Waals surface area contributed by atoms with Crippen LogP contribution >= 0.6 is 11.6 Å². The third-order valence-electron chi connectivity index (χ3n) is 5.65. The highest BCUT2D eigenvalue weighted by molar-refractivity contribution is 6.30. The van der Waals surface area contributed by atoms with Crippen LogP contribution in [0.5, 0.6) is 0 Å². The van der Waals surface area contributed by atoms with Crippen LogP contribution in [0.3, 0.4) is 0 Å². The summed E-state index contributed by atoms with van der Waals surface area (Å²) in [7, 11) is 0. The van der Waals surface area contributed by atoms with E-state index >= 15 is 0 Å². The van der Waals surface area contributed by atoms with E-state index in [2.05, 4.69) is 17.0 Å². The number of carboxylic acids is 1. The van der Waals surface area contributed by atoms with E-state index in [0.717, 1.165) is 56.8 Å². The topological polar surface area (TPSA) is 40.5 Å². The maximum absolute atomic E-state index is 11.4. The minimum Gasteiger partial charge on any atom is -0.481 e. The Morgan fingerprint density at radius 2 is 1.74 bits per heavy atom. The molecule has 1 unspecified atom stereocenters. The van der Waals surface area contributed by atoms with E-state index in [9.17, 15) is 9.90 Å². The summed E-state index contributed by atoms with van der Waals surface area (Å²) >= 11 is 5.97. The fourth-order valence-electron chi connectivity index (χ4n) is 4.27. The van der Waals surface area contributed by atoms with Gasteiger partial charge in [-0.1, -0.05) is 36.6 Å². The van der Waals surface area contributed by atoms with Crippen molar-refractivity contribution in [1.29, 1.82) is 0 Å². The van der Waals surface area contributed by atoms with Gasteiger partial charge in [0.2, 0.25) is 0 Å². The van der Waals surface area contributed by atoms with Crippen molar-refractivity contribution in [2.45, 2.75) is 44.4 Å². The third-order valence-corrected chi connectivity index (χ3v) is 5.90. The van der Waals surface area contributed by atoms with Gasteiger partial charge in [0, 0.05) is 11.6 Å². The minimum atomic E-state index is -0.592. The van der Waals surface area contributed by atoms with Crippen molar-refractivity contribution in [3.8, 4) is 0 Å². The van der Waals surface area contributed by atoms with Crippen molar-refractivity contribution in [2.75, 3.05) is 19.6 Å². The second-order valence-corrected chi connectivity index (χ2v) is 7.55. The molecule has 0 bridgehead atoms. The largest absolute Gasteiger partial charge is 0.481 e. The molecule has 4 heteroatoms. The number of nitrogens with zero attached hydrogens (tertiary/aromatic N) is 1. The van der Waals surface area contributed by atoms with Gasteiger partial charge in [0.1, 0.15) is 0 Å². The van der Waals surface area contributed by atoms with Gasteiger partial charge in [-0.3, -0.25) is 4.79 Å². The molecule has 0 spiro atoms. The second-order valence-electron chi connectivity index (χ2n) is 7.12. The lowest BCUT2D eigenvalue weighted by atomic mass is 9.78. The number of rotatable bonds is 4. The standard InChI is InChI=1S/C19H26ClNO2/c20-17-7-5-14(6-8-17)15-9-11-21(12-10-15)13-16-3-1-2-4-18(16)19(22)23/h5-8,15-16,18H,1-4,9-13H2,(H,22,23)/t16?,18-/m0/s1. The Hall–Kier alpha value is -1.06. The summed E-state index contributed by atoms with van der Waals surface area (Å²) in [5.41, 5.74) is 1.38. The molecule has 3 rings (SSSR count). The number of benzene rings is 1. The molecule has 1 heterocycles. The average molecular weight is 336 g/mol. The first-order valence-corrected chi connectivity index (χ1v) is 9.22. The molecule has 0 aromatic heterocycles. The van der Waals surface area contributed by atoms with Gasteiger partial charge < -0.3 is 10.0 Å². The van der Waals surface area contributed by atoms with Crippen LogP contribution in [0.4, 0.5) is 0 Å². The molecule has 1 aromatic rings. The normalized spacial score (nSPS) is 27.0. The summed E-state index contributed by atoms with van der Waals surface area (Å²) in [5.74, 6) is 0.238. The summed E-state index contributed by atoms with van der Waals surface area (Å²) in [4.78, 5) is 13.9. The molecule has 0 amide bonds. The van der Waals surface area contributed by atoms with Gasteiger partial charge in [0.15, 0.2) is 0 Å². The predicted molar refractivity (Wildman–Crippen MR) is 93.0 cm³/mol. The van der Waals surface area contributed by atoms with E-state index in [4.69, 9.17) is 11.6 Å². The first-order chi connectivity index (χ1) is 11.1. The lowest BCUT2D eigenvalue weighted by Gasteiger charge is -2.37. The van der Waals surface area contributed by atoms with Crippen LogP contribution < -0.4 is 0 Å². The van der Waals surface area contributed by atoms with Crippen molar-refractivity contribution in [3.05, 3.63) is 34.9 Å². The molecule has 2 fully saturated rings. The summed E-state index contributed by atoms with van der Waals surface area (Å²) in [6.07, 6.45) is 6.52. The molecule has 1 saturated carbocycles. The van der Waals surface area contributed by atoms with Crippen LogP contribution in [0.2, 0.25) is 5.02 Å². The molecular formula is C19H26ClNO2. The maximum Gasteiger partial charge on any atom is 0.306 e. The van der Waals surface area contributed by atoms with Crippen molar-refractivity contribution in [2.24, 2.45) is 11.8 Å². The van der Waals surface area contributed by atoms with Gasteiger partial charge in [-0.2, -0.15) is 0 Å². The lowest BCUT2D eigenvalue weighted by molar-refractivity contribution is -0.145. The zero-order valence-corrected chi connectivity index (χ0v) is 14.3. The fraction of sp³-hybridized carbons (Fsp3) is 0.632. The fourth-order valence-corrected chi connectivity index (χ4v) is 4.39. The molecule has 3 nitrogen and oxygen atoms in total. The quantitative estimate of drug-likeness (QED) is 0.886. The molecule has 1 N–H and O–H groups in total. The highest BCUT2D eigenvalue weighted by Gasteiger charge is 2.32. The van der Waals surface area contributed by atoms with E-state index < -0.39 is 5.97 Å². The Balaban J connectivity index is 1.52. The van der Waals surface area contributed by atoms with Gasteiger partial charge in [-0.15, -0.1) is 0 Å². The van der Waals surface area contributed by atoms with Gasteiger partial charge in [-0.05, 0) is 68.3 Å². The van der Waals surface area contributed by atoms with Crippen LogP contribution in [0.15, 0.2) is 24.3 Å². The van der Waals surface area contributed by atoms with Crippen LogP contribution in [-0.2, 0) is 4.79 Å². The number of piperidine rings is 1. The second kappa shape index (κ2) is 7.67. The Kier molecular flexibility index (Phi) is 5.60. The number of hydrogen-bond donors (Lipinski definition) is 1. The van der Waals surface area contributed by atoms with E-state index in [1.165, 1.54) is 12.0 Å². The summed E-state index contributed by atoms with van der Waals surface area (Å²) < 4.78 is 0. The zero-order valence-electron chi connectivity index (χ0n) is 13.6. The number of halogens is 1. The number of hydrogen-bond acceptors (Lipinski definition) is 2. The Bertz CT molecular complexity index is 523. The number of likely N-dealkylation sites (tertiary alicyclic amines) is 1. The molecule has 1 saturated heterocycles. The van der Waals surface area contributed by atoms with Gasteiger partial charge in [0.25, 0.3) is 0 Å². The lowest BCUT2D eigenvalue weighted by Crippen LogP contribution is -2.41. The SMILES string of the molecule is O=C(O)[C@H]1CCCCC1CN1CCC(c2ccc(Cl)cc2)CC1. The predicted octanol–water partition coefficient (Wildman–Crippen LogP) is 4.41. The molecule has 126 valence electrons. The third kappa shape index (κ3) is 4.27. The number of carboxylic acid groups (broad SMARTS) is 1. The molecule has 1 aromatic carbocycles. The highest BCUT2D eigenvalue weighted by atomic mass is 35.5. The highest BCUT2D eigenvalue weighted by Crippen LogP contribution is 2.33.